The van der Waals surface area contributed by atoms with Gasteiger partial charge in [-0.1, -0.05) is 11.8 Å². The van der Waals surface area contributed by atoms with E-state index in [0.717, 1.165) is 0 Å². The third kappa shape index (κ3) is 4.62. The number of hydrogen-bond acceptors (Lipinski definition) is 5. The molecule has 0 saturated carbocycles. The summed E-state index contributed by atoms with van der Waals surface area (Å²) in [6.07, 6.45) is 3.87. The van der Waals surface area contributed by atoms with Gasteiger partial charge < -0.3 is 5.11 Å². The van der Waals surface area contributed by atoms with E-state index in [1.165, 1.54) is 11.8 Å². The van der Waals surface area contributed by atoms with Crippen LogP contribution in [0.2, 0.25) is 0 Å². The van der Waals surface area contributed by atoms with Crippen LogP contribution in [0.3, 0.4) is 0 Å². The lowest BCUT2D eigenvalue weighted by atomic mass is 9.98. The van der Waals surface area contributed by atoms with Crippen molar-refractivity contribution in [3.05, 3.63) is 18.5 Å². The summed E-state index contributed by atoms with van der Waals surface area (Å²) in [7, 11) is 0. The van der Waals surface area contributed by atoms with Crippen LogP contribution in [0.5, 0.6) is 0 Å². The average molecular weight is 269 g/mol. The summed E-state index contributed by atoms with van der Waals surface area (Å²) in [4.78, 5) is 19.5. The lowest BCUT2D eigenvalue weighted by Crippen LogP contribution is -2.52. The lowest BCUT2D eigenvalue weighted by molar-refractivity contribution is -0.144. The van der Waals surface area contributed by atoms with Gasteiger partial charge in [-0.3, -0.25) is 10.1 Å². The first-order chi connectivity index (χ1) is 8.44. The Morgan fingerprint density at radius 2 is 2.11 bits per heavy atom. The van der Waals surface area contributed by atoms with Gasteiger partial charge in [0, 0.05) is 24.2 Å². The maximum Gasteiger partial charge on any atom is 0.323 e. The predicted octanol–water partition coefficient (Wildman–Crippen LogP) is 1.80. The van der Waals surface area contributed by atoms with Crippen LogP contribution < -0.4 is 5.32 Å². The molecule has 1 atom stereocenters. The van der Waals surface area contributed by atoms with Gasteiger partial charge in [-0.15, -0.1) is 0 Å². The van der Waals surface area contributed by atoms with Gasteiger partial charge in [0.1, 0.15) is 5.54 Å². The highest BCUT2D eigenvalue weighted by Gasteiger charge is 2.32. The van der Waals surface area contributed by atoms with Crippen molar-refractivity contribution in [1.29, 1.82) is 0 Å². The van der Waals surface area contributed by atoms with Crippen molar-refractivity contribution >= 4 is 17.7 Å². The smallest absolute Gasteiger partial charge is 0.323 e. The number of hydrogen-bond donors (Lipinski definition) is 2. The average Bonchev–Trinajstić information content (AvgIpc) is 2.29. The Labute approximate surface area is 111 Å². The molecular formula is C12H19N3O2S. The number of carboxylic acid groups (broad SMARTS) is 1. The van der Waals surface area contributed by atoms with E-state index in [9.17, 15) is 9.90 Å². The van der Waals surface area contributed by atoms with Crippen LogP contribution in [0.4, 0.5) is 0 Å². The lowest BCUT2D eigenvalue weighted by Gasteiger charge is -2.28. The largest absolute Gasteiger partial charge is 0.480 e. The number of aromatic nitrogens is 2. The van der Waals surface area contributed by atoms with Gasteiger partial charge in [-0.05, 0) is 33.3 Å². The summed E-state index contributed by atoms with van der Waals surface area (Å²) in [5.74, 6) is -0.169. The molecule has 0 aliphatic rings. The van der Waals surface area contributed by atoms with E-state index in [-0.39, 0.29) is 6.04 Å². The quantitative estimate of drug-likeness (QED) is 0.581. The van der Waals surface area contributed by atoms with Crippen molar-refractivity contribution in [2.24, 2.45) is 0 Å². The van der Waals surface area contributed by atoms with Crippen LogP contribution in [0.1, 0.15) is 27.2 Å². The molecule has 1 aromatic heterocycles. The Bertz CT molecular complexity index is 386. The number of nitrogens with one attached hydrogen (secondary N) is 1. The van der Waals surface area contributed by atoms with E-state index in [1.807, 2.05) is 13.8 Å². The van der Waals surface area contributed by atoms with Crippen LogP contribution in [0.15, 0.2) is 23.6 Å². The number of carboxylic acids is 1. The first-order valence-electron chi connectivity index (χ1n) is 5.85. The van der Waals surface area contributed by atoms with Gasteiger partial charge in [0.2, 0.25) is 0 Å². The van der Waals surface area contributed by atoms with E-state index in [4.69, 9.17) is 0 Å². The zero-order valence-corrected chi connectivity index (χ0v) is 11.7. The summed E-state index contributed by atoms with van der Waals surface area (Å²) >= 11 is 1.47. The molecule has 0 radical (unpaired) electrons. The second kappa shape index (κ2) is 6.70. The maximum absolute atomic E-state index is 11.3. The molecule has 18 heavy (non-hydrogen) atoms. The Kier molecular flexibility index (Phi) is 5.55. The standard InChI is InChI=1S/C12H19N3O2S/c1-9(2)15-12(3,10(16)17)5-8-18-11-13-6-4-7-14-11/h4,6-7,9,15H,5,8H2,1-3H3,(H,16,17). The number of aliphatic carboxylic acids is 1. The van der Waals surface area contributed by atoms with Gasteiger partial charge >= 0.3 is 5.97 Å². The minimum atomic E-state index is -0.907. The summed E-state index contributed by atoms with van der Waals surface area (Å²) in [6.45, 7) is 5.59. The second-order valence-corrected chi connectivity index (χ2v) is 5.63. The van der Waals surface area contributed by atoms with Gasteiger partial charge in [-0.25, -0.2) is 9.97 Å². The highest BCUT2D eigenvalue weighted by molar-refractivity contribution is 7.99. The Morgan fingerprint density at radius 1 is 1.50 bits per heavy atom. The van der Waals surface area contributed by atoms with Crippen molar-refractivity contribution in [3.63, 3.8) is 0 Å². The molecule has 1 aromatic rings. The van der Waals surface area contributed by atoms with Crippen LogP contribution in [0.25, 0.3) is 0 Å². The molecule has 0 saturated heterocycles. The SMILES string of the molecule is CC(C)NC(C)(CCSc1ncccn1)C(=O)O. The fourth-order valence-corrected chi connectivity index (χ4v) is 2.55. The fraction of sp³-hybridized carbons (Fsp3) is 0.583. The minimum Gasteiger partial charge on any atom is -0.480 e. The molecule has 0 aromatic carbocycles. The summed E-state index contributed by atoms with van der Waals surface area (Å²) in [5.41, 5.74) is -0.907. The van der Waals surface area contributed by atoms with E-state index in [1.54, 1.807) is 25.4 Å². The van der Waals surface area contributed by atoms with Gasteiger partial charge in [0.05, 0.1) is 0 Å². The number of thioether (sulfide) groups is 1. The van der Waals surface area contributed by atoms with Crippen LogP contribution in [-0.4, -0.2) is 38.4 Å². The zero-order valence-electron chi connectivity index (χ0n) is 10.9. The molecule has 2 N–H and O–H groups in total. The summed E-state index contributed by atoms with van der Waals surface area (Å²) in [6, 6.07) is 1.88. The van der Waals surface area contributed by atoms with Crippen LogP contribution in [-0.2, 0) is 4.79 Å². The number of nitrogens with zero attached hydrogens (tertiary/aromatic N) is 2. The van der Waals surface area contributed by atoms with Crippen molar-refractivity contribution in [2.75, 3.05) is 5.75 Å². The molecule has 5 nitrogen and oxygen atoms in total. The Hall–Kier alpha value is -1.14. The maximum atomic E-state index is 11.3. The topological polar surface area (TPSA) is 75.1 Å². The number of carbonyl (C=O) groups is 1. The molecule has 0 fully saturated rings. The molecule has 0 spiro atoms. The molecule has 6 heteroatoms. The van der Waals surface area contributed by atoms with Crippen LogP contribution >= 0.6 is 11.8 Å². The molecule has 0 aliphatic heterocycles. The van der Waals surface area contributed by atoms with E-state index in [0.29, 0.717) is 17.3 Å². The van der Waals surface area contributed by atoms with E-state index in [2.05, 4.69) is 15.3 Å². The van der Waals surface area contributed by atoms with Crippen molar-refractivity contribution < 1.29 is 9.90 Å². The predicted molar refractivity (Wildman–Crippen MR) is 71.7 cm³/mol. The van der Waals surface area contributed by atoms with Crippen molar-refractivity contribution in [1.82, 2.24) is 15.3 Å². The zero-order chi connectivity index (χ0) is 13.6. The molecule has 1 unspecified atom stereocenters. The summed E-state index contributed by atoms with van der Waals surface area (Å²) < 4.78 is 0. The summed E-state index contributed by atoms with van der Waals surface area (Å²) in [5, 5.41) is 13.0. The van der Waals surface area contributed by atoms with Gasteiger partial charge in [-0.2, -0.15) is 0 Å². The monoisotopic (exact) mass is 269 g/mol. The normalized spacial score (nSPS) is 14.4. The van der Waals surface area contributed by atoms with Gasteiger partial charge in [0.25, 0.3) is 0 Å². The van der Waals surface area contributed by atoms with E-state index < -0.39 is 11.5 Å². The second-order valence-electron chi connectivity index (χ2n) is 4.57. The number of rotatable bonds is 7. The molecule has 0 bridgehead atoms. The minimum absolute atomic E-state index is 0.129. The fourth-order valence-electron chi connectivity index (χ4n) is 1.58. The highest BCUT2D eigenvalue weighted by atomic mass is 32.2. The third-order valence-corrected chi connectivity index (χ3v) is 3.33. The molecule has 1 heterocycles. The van der Waals surface area contributed by atoms with Crippen molar-refractivity contribution in [3.8, 4) is 0 Å². The Balaban J connectivity index is 2.50. The highest BCUT2D eigenvalue weighted by Crippen LogP contribution is 2.19. The first kappa shape index (κ1) is 14.9. The molecule has 1 rings (SSSR count). The molecule has 0 amide bonds. The van der Waals surface area contributed by atoms with E-state index >= 15 is 0 Å². The molecular weight excluding hydrogens is 250 g/mol. The van der Waals surface area contributed by atoms with Crippen molar-refractivity contribution in [2.45, 2.75) is 43.9 Å². The van der Waals surface area contributed by atoms with Gasteiger partial charge in [0.15, 0.2) is 5.16 Å². The molecule has 0 aliphatic carbocycles. The molecule has 100 valence electrons. The third-order valence-electron chi connectivity index (χ3n) is 2.45. The van der Waals surface area contributed by atoms with Crippen LogP contribution in [0, 0.1) is 0 Å². The Morgan fingerprint density at radius 3 is 2.61 bits per heavy atom. The first-order valence-corrected chi connectivity index (χ1v) is 6.83.